The molecule has 0 aromatic carbocycles. The molecule has 0 fully saturated rings. The molecule has 0 bridgehead atoms. The summed E-state index contributed by atoms with van der Waals surface area (Å²) in [5, 5.41) is 4.07. The molecule has 62 valence electrons. The third-order valence-corrected chi connectivity index (χ3v) is 2.10. The summed E-state index contributed by atoms with van der Waals surface area (Å²) in [4.78, 5) is 0. The molecule has 1 unspecified atom stereocenters. The van der Waals surface area contributed by atoms with Gasteiger partial charge in [-0.05, 0) is 13.3 Å². The lowest BCUT2D eigenvalue weighted by molar-refractivity contribution is 0.476. The molecule has 1 aromatic rings. The Morgan fingerprint density at radius 1 is 1.73 bits per heavy atom. The summed E-state index contributed by atoms with van der Waals surface area (Å²) in [6.45, 7) is 4.09. The zero-order chi connectivity index (χ0) is 8.48. The number of aromatic nitrogens is 2. The summed E-state index contributed by atoms with van der Waals surface area (Å²) in [5.74, 6) is 0. The molecule has 3 heteroatoms. The van der Waals surface area contributed by atoms with Crippen LogP contribution in [0.25, 0.3) is 0 Å². The molecule has 1 heterocycles. The number of nitrogens with two attached hydrogens (primary N) is 1. The Bertz CT molecular complexity index is 237. The van der Waals surface area contributed by atoms with Gasteiger partial charge in [0, 0.05) is 24.3 Å². The standard InChI is InChI=1S/C8H15N3/c1-4-8(2,9)7-5-10-11(3)6-7/h5-6H,4,9H2,1-3H3. The van der Waals surface area contributed by atoms with Crippen molar-refractivity contribution in [3.63, 3.8) is 0 Å². The molecule has 0 saturated heterocycles. The maximum atomic E-state index is 6.00. The maximum Gasteiger partial charge on any atom is 0.0540 e. The van der Waals surface area contributed by atoms with Crippen molar-refractivity contribution in [2.45, 2.75) is 25.8 Å². The lowest BCUT2D eigenvalue weighted by Gasteiger charge is -2.20. The molecular weight excluding hydrogens is 138 g/mol. The fraction of sp³-hybridized carbons (Fsp3) is 0.625. The quantitative estimate of drug-likeness (QED) is 0.689. The van der Waals surface area contributed by atoms with Gasteiger partial charge in [-0.2, -0.15) is 5.10 Å². The van der Waals surface area contributed by atoms with Crippen LogP contribution in [0, 0.1) is 0 Å². The Hall–Kier alpha value is -0.830. The van der Waals surface area contributed by atoms with Crippen molar-refractivity contribution in [1.82, 2.24) is 9.78 Å². The second-order valence-corrected chi connectivity index (χ2v) is 3.17. The van der Waals surface area contributed by atoms with Gasteiger partial charge in [-0.25, -0.2) is 0 Å². The molecule has 1 aromatic heterocycles. The Labute approximate surface area is 67.2 Å². The third kappa shape index (κ3) is 1.60. The molecule has 0 aliphatic heterocycles. The maximum absolute atomic E-state index is 6.00. The van der Waals surface area contributed by atoms with Crippen LogP contribution in [0.2, 0.25) is 0 Å². The number of hydrogen-bond acceptors (Lipinski definition) is 2. The molecule has 0 spiro atoms. The van der Waals surface area contributed by atoms with Gasteiger partial charge < -0.3 is 5.73 Å². The normalized spacial score (nSPS) is 16.4. The van der Waals surface area contributed by atoms with E-state index in [0.717, 1.165) is 12.0 Å². The first kappa shape index (κ1) is 8.27. The van der Waals surface area contributed by atoms with Gasteiger partial charge in [-0.1, -0.05) is 6.92 Å². The fourth-order valence-electron chi connectivity index (χ4n) is 0.920. The van der Waals surface area contributed by atoms with Crippen LogP contribution < -0.4 is 5.73 Å². The average Bonchev–Trinajstić information content (AvgIpc) is 2.36. The molecule has 1 atom stereocenters. The van der Waals surface area contributed by atoms with Gasteiger partial charge in [0.2, 0.25) is 0 Å². The number of hydrogen-bond donors (Lipinski definition) is 1. The largest absolute Gasteiger partial charge is 0.322 e. The van der Waals surface area contributed by atoms with Crippen LogP contribution in [0.15, 0.2) is 12.4 Å². The van der Waals surface area contributed by atoms with Crippen LogP contribution in [0.1, 0.15) is 25.8 Å². The van der Waals surface area contributed by atoms with Gasteiger partial charge in [0.1, 0.15) is 0 Å². The minimum absolute atomic E-state index is 0.228. The summed E-state index contributed by atoms with van der Waals surface area (Å²) in [5.41, 5.74) is 6.87. The molecule has 2 N–H and O–H groups in total. The first-order valence-corrected chi connectivity index (χ1v) is 3.84. The highest BCUT2D eigenvalue weighted by atomic mass is 15.2. The molecule has 0 aliphatic rings. The summed E-state index contributed by atoms with van der Waals surface area (Å²) in [6.07, 6.45) is 4.71. The molecule has 3 nitrogen and oxygen atoms in total. The molecule has 11 heavy (non-hydrogen) atoms. The summed E-state index contributed by atoms with van der Waals surface area (Å²) in [6, 6.07) is 0. The van der Waals surface area contributed by atoms with Crippen molar-refractivity contribution < 1.29 is 0 Å². The number of rotatable bonds is 2. The van der Waals surface area contributed by atoms with Gasteiger partial charge in [0.15, 0.2) is 0 Å². The van der Waals surface area contributed by atoms with E-state index in [1.165, 1.54) is 0 Å². The van der Waals surface area contributed by atoms with Crippen molar-refractivity contribution in [2.24, 2.45) is 12.8 Å². The third-order valence-electron chi connectivity index (χ3n) is 2.10. The molecule has 0 aliphatic carbocycles. The zero-order valence-electron chi connectivity index (χ0n) is 7.33. The van der Waals surface area contributed by atoms with Crippen molar-refractivity contribution in [1.29, 1.82) is 0 Å². The van der Waals surface area contributed by atoms with E-state index in [4.69, 9.17) is 5.73 Å². The molecule has 0 radical (unpaired) electrons. The van der Waals surface area contributed by atoms with Gasteiger partial charge in [0.25, 0.3) is 0 Å². The lowest BCUT2D eigenvalue weighted by Crippen LogP contribution is -2.31. The van der Waals surface area contributed by atoms with Crippen molar-refractivity contribution in [3.8, 4) is 0 Å². The van der Waals surface area contributed by atoms with Crippen LogP contribution in [0.3, 0.4) is 0 Å². The predicted octanol–water partition coefficient (Wildman–Crippen LogP) is 1.00. The second kappa shape index (κ2) is 2.66. The highest BCUT2D eigenvalue weighted by Gasteiger charge is 2.19. The predicted molar refractivity (Wildman–Crippen MR) is 45.0 cm³/mol. The molecular formula is C8H15N3. The Balaban J connectivity index is 2.92. The van der Waals surface area contributed by atoms with Crippen LogP contribution >= 0.6 is 0 Å². The van der Waals surface area contributed by atoms with E-state index in [0.29, 0.717) is 0 Å². The Kier molecular flexibility index (Phi) is 2.00. The lowest BCUT2D eigenvalue weighted by atomic mass is 9.94. The van der Waals surface area contributed by atoms with Crippen molar-refractivity contribution in [2.75, 3.05) is 0 Å². The van der Waals surface area contributed by atoms with Gasteiger partial charge >= 0.3 is 0 Å². The van der Waals surface area contributed by atoms with Crippen LogP contribution in [-0.4, -0.2) is 9.78 Å². The van der Waals surface area contributed by atoms with E-state index in [1.807, 2.05) is 26.4 Å². The smallest absolute Gasteiger partial charge is 0.0540 e. The summed E-state index contributed by atoms with van der Waals surface area (Å²) in [7, 11) is 1.90. The highest BCUT2D eigenvalue weighted by Crippen LogP contribution is 2.19. The van der Waals surface area contributed by atoms with E-state index >= 15 is 0 Å². The number of aryl methyl sites for hydroxylation is 1. The van der Waals surface area contributed by atoms with Gasteiger partial charge in [-0.3, -0.25) is 4.68 Å². The topological polar surface area (TPSA) is 43.8 Å². The first-order valence-electron chi connectivity index (χ1n) is 3.84. The zero-order valence-corrected chi connectivity index (χ0v) is 7.33. The summed E-state index contributed by atoms with van der Waals surface area (Å²) >= 11 is 0. The average molecular weight is 153 g/mol. The Morgan fingerprint density at radius 3 is 2.73 bits per heavy atom. The number of nitrogens with zero attached hydrogens (tertiary/aromatic N) is 2. The van der Waals surface area contributed by atoms with Crippen molar-refractivity contribution >= 4 is 0 Å². The molecule has 0 saturated carbocycles. The van der Waals surface area contributed by atoms with Crippen LogP contribution in [-0.2, 0) is 12.6 Å². The minimum atomic E-state index is -0.228. The monoisotopic (exact) mass is 153 g/mol. The van der Waals surface area contributed by atoms with Crippen molar-refractivity contribution in [3.05, 3.63) is 18.0 Å². The Morgan fingerprint density at radius 2 is 2.36 bits per heavy atom. The molecule has 1 rings (SSSR count). The van der Waals surface area contributed by atoms with E-state index < -0.39 is 0 Å². The summed E-state index contributed by atoms with van der Waals surface area (Å²) < 4.78 is 1.77. The fourth-order valence-corrected chi connectivity index (χ4v) is 0.920. The van der Waals surface area contributed by atoms with E-state index in [9.17, 15) is 0 Å². The SMILES string of the molecule is CCC(C)(N)c1cnn(C)c1. The first-order chi connectivity index (χ1) is 5.06. The van der Waals surface area contributed by atoms with Crippen LogP contribution in [0.5, 0.6) is 0 Å². The van der Waals surface area contributed by atoms with E-state index in [-0.39, 0.29) is 5.54 Å². The van der Waals surface area contributed by atoms with E-state index in [2.05, 4.69) is 12.0 Å². The molecule has 0 amide bonds. The minimum Gasteiger partial charge on any atom is -0.322 e. The highest BCUT2D eigenvalue weighted by molar-refractivity contribution is 5.15. The second-order valence-electron chi connectivity index (χ2n) is 3.17. The van der Waals surface area contributed by atoms with Gasteiger partial charge in [-0.15, -0.1) is 0 Å². The van der Waals surface area contributed by atoms with Crippen LogP contribution in [0.4, 0.5) is 0 Å². The van der Waals surface area contributed by atoms with Gasteiger partial charge in [0.05, 0.1) is 6.20 Å². The van der Waals surface area contributed by atoms with E-state index in [1.54, 1.807) is 4.68 Å².